The molecule has 0 bridgehead atoms. The third kappa shape index (κ3) is 3.54. The molecule has 0 unspecified atom stereocenters. The van der Waals surface area contributed by atoms with Crippen molar-refractivity contribution in [1.29, 1.82) is 0 Å². The molecule has 0 fully saturated rings. The molecule has 3 rings (SSSR count). The summed E-state index contributed by atoms with van der Waals surface area (Å²) in [6.07, 6.45) is 1.37. The second-order valence-corrected chi connectivity index (χ2v) is 8.15. The van der Waals surface area contributed by atoms with Gasteiger partial charge in [-0.05, 0) is 22.6 Å². The minimum absolute atomic E-state index is 0.0984. The number of aromatic hydroxyl groups is 1. The lowest BCUT2D eigenvalue weighted by atomic mass is 9.87. The van der Waals surface area contributed by atoms with Gasteiger partial charge in [-0.3, -0.25) is 9.59 Å². The van der Waals surface area contributed by atoms with Gasteiger partial charge in [-0.15, -0.1) is 11.8 Å². The topological polar surface area (TPSA) is 54.4 Å². The molecule has 0 saturated carbocycles. The number of hydrogen-bond acceptors (Lipinski definition) is 4. The summed E-state index contributed by atoms with van der Waals surface area (Å²) in [4.78, 5) is 25.2. The Morgan fingerprint density at radius 2 is 1.68 bits per heavy atom. The summed E-state index contributed by atoms with van der Waals surface area (Å²) >= 11 is 1.33. The molecule has 2 aromatic rings. The molecule has 0 atom stereocenters. The average molecular weight is 352 g/mol. The van der Waals surface area contributed by atoms with Crippen molar-refractivity contribution < 1.29 is 14.7 Å². The van der Waals surface area contributed by atoms with Crippen LogP contribution in [0.5, 0.6) is 5.75 Å². The number of benzene rings is 2. The molecule has 0 saturated heterocycles. The van der Waals surface area contributed by atoms with E-state index in [4.69, 9.17) is 0 Å². The summed E-state index contributed by atoms with van der Waals surface area (Å²) in [5, 5.41) is 9.94. The maximum atomic E-state index is 12.6. The van der Waals surface area contributed by atoms with Gasteiger partial charge >= 0.3 is 0 Å². The lowest BCUT2D eigenvalue weighted by Gasteiger charge is -2.19. The van der Waals surface area contributed by atoms with Crippen molar-refractivity contribution in [3.63, 3.8) is 0 Å². The fourth-order valence-corrected chi connectivity index (χ4v) is 3.68. The Morgan fingerprint density at radius 1 is 1.00 bits per heavy atom. The molecule has 0 heterocycles. The first-order valence-corrected chi connectivity index (χ1v) is 9.11. The van der Waals surface area contributed by atoms with Crippen LogP contribution in [-0.4, -0.2) is 16.7 Å². The minimum atomic E-state index is -0.288. The van der Waals surface area contributed by atoms with Gasteiger partial charge in [0.05, 0.1) is 10.5 Å². The molecule has 0 amide bonds. The van der Waals surface area contributed by atoms with Crippen LogP contribution in [0, 0.1) is 0 Å². The van der Waals surface area contributed by atoms with Gasteiger partial charge in [0.2, 0.25) is 5.78 Å². The number of fused-ring (bicyclic) bond motifs is 1. The Morgan fingerprint density at radius 3 is 2.32 bits per heavy atom. The summed E-state index contributed by atoms with van der Waals surface area (Å²) in [6.45, 7) is 6.49. The van der Waals surface area contributed by atoms with E-state index in [9.17, 15) is 14.7 Å². The smallest absolute Gasteiger partial charge is 0.203 e. The highest BCUT2D eigenvalue weighted by Gasteiger charge is 2.28. The lowest BCUT2D eigenvalue weighted by molar-refractivity contribution is 0.0989. The first-order chi connectivity index (χ1) is 11.8. The van der Waals surface area contributed by atoms with Crippen molar-refractivity contribution >= 4 is 23.3 Å². The lowest BCUT2D eigenvalue weighted by Crippen LogP contribution is -2.15. The summed E-state index contributed by atoms with van der Waals surface area (Å²) < 4.78 is 0. The number of phenols is 1. The van der Waals surface area contributed by atoms with Crippen molar-refractivity contribution in [3.8, 4) is 5.75 Å². The zero-order chi connectivity index (χ0) is 18.2. The zero-order valence-corrected chi connectivity index (χ0v) is 15.3. The molecule has 0 spiro atoms. The van der Waals surface area contributed by atoms with Crippen molar-refractivity contribution in [2.24, 2.45) is 0 Å². The van der Waals surface area contributed by atoms with Crippen molar-refractivity contribution in [2.75, 3.05) is 0 Å². The SMILES string of the molecule is CC(C)(C)c1ccc(CSC2=CC(=O)c3cccc(O)c3C2=O)cc1. The molecule has 1 aliphatic carbocycles. The number of ketones is 2. The molecule has 3 nitrogen and oxygen atoms in total. The molecule has 2 aromatic carbocycles. The molecule has 4 heteroatoms. The van der Waals surface area contributed by atoms with Crippen LogP contribution in [0.15, 0.2) is 53.4 Å². The van der Waals surface area contributed by atoms with E-state index in [0.29, 0.717) is 10.7 Å². The Labute approximate surface area is 151 Å². The molecular formula is C21H20O3S. The number of Topliss-reactive ketones (excluding diaryl/α,β-unsaturated/α-hetero) is 1. The van der Waals surface area contributed by atoms with Crippen LogP contribution in [0.2, 0.25) is 0 Å². The van der Waals surface area contributed by atoms with E-state index >= 15 is 0 Å². The molecule has 1 N–H and O–H groups in total. The summed E-state index contributed by atoms with van der Waals surface area (Å²) in [5.74, 6) is -0.0743. The second-order valence-electron chi connectivity index (χ2n) is 7.14. The van der Waals surface area contributed by atoms with Gasteiger partial charge in [0.15, 0.2) is 5.78 Å². The first kappa shape index (κ1) is 17.5. The van der Waals surface area contributed by atoms with Crippen molar-refractivity contribution in [2.45, 2.75) is 31.9 Å². The van der Waals surface area contributed by atoms with E-state index in [0.717, 1.165) is 5.56 Å². The van der Waals surface area contributed by atoms with Crippen molar-refractivity contribution in [1.82, 2.24) is 0 Å². The van der Waals surface area contributed by atoms with Gasteiger partial charge in [-0.1, -0.05) is 57.2 Å². The maximum Gasteiger partial charge on any atom is 0.203 e. The Kier molecular flexibility index (Phi) is 4.56. The summed E-state index contributed by atoms with van der Waals surface area (Å²) in [7, 11) is 0. The molecule has 0 aromatic heterocycles. The van der Waals surface area contributed by atoms with Gasteiger partial charge in [-0.25, -0.2) is 0 Å². The number of hydrogen-bond donors (Lipinski definition) is 1. The highest BCUT2D eigenvalue weighted by Crippen LogP contribution is 2.34. The third-order valence-electron chi connectivity index (χ3n) is 4.24. The van der Waals surface area contributed by atoms with Crippen molar-refractivity contribution in [3.05, 3.63) is 75.7 Å². The van der Waals surface area contributed by atoms with Crippen LogP contribution in [-0.2, 0) is 11.2 Å². The Hall–Kier alpha value is -2.33. The number of thioether (sulfide) groups is 1. The third-order valence-corrected chi connectivity index (χ3v) is 5.33. The second kappa shape index (κ2) is 6.52. The number of carbonyl (C=O) groups is 2. The van der Waals surface area contributed by atoms with Gasteiger partial charge in [-0.2, -0.15) is 0 Å². The number of allylic oxidation sites excluding steroid dienone is 2. The van der Waals surface area contributed by atoms with Gasteiger partial charge in [0, 0.05) is 17.4 Å². The highest BCUT2D eigenvalue weighted by atomic mass is 32.2. The number of phenolic OH excluding ortho intramolecular Hbond substituents is 1. The summed E-state index contributed by atoms with van der Waals surface area (Å²) in [5.41, 5.74) is 2.82. The van der Waals surface area contributed by atoms with Gasteiger partial charge in [0.25, 0.3) is 0 Å². The van der Waals surface area contributed by atoms with Gasteiger partial charge in [0.1, 0.15) is 5.75 Å². The molecule has 128 valence electrons. The summed E-state index contributed by atoms with van der Waals surface area (Å²) in [6, 6.07) is 12.9. The zero-order valence-electron chi connectivity index (χ0n) is 14.5. The first-order valence-electron chi connectivity index (χ1n) is 8.12. The predicted octanol–water partition coefficient (Wildman–Crippen LogP) is 4.89. The Bertz CT molecular complexity index is 871. The van der Waals surface area contributed by atoms with E-state index in [2.05, 4.69) is 45.0 Å². The minimum Gasteiger partial charge on any atom is -0.507 e. The standard InChI is InChI=1S/C21H20O3S/c1-21(2,3)14-9-7-13(8-10-14)12-25-18-11-17(23)15-5-4-6-16(22)19(15)20(18)24/h4-11,22H,12H2,1-3H3. The fraction of sp³-hybridized carbons (Fsp3) is 0.238. The van der Waals surface area contributed by atoms with Crippen LogP contribution in [0.25, 0.3) is 0 Å². The van der Waals surface area contributed by atoms with E-state index in [1.165, 1.54) is 29.5 Å². The fourth-order valence-electron chi connectivity index (χ4n) is 2.74. The van der Waals surface area contributed by atoms with E-state index in [1.807, 2.05) is 0 Å². The largest absolute Gasteiger partial charge is 0.507 e. The molecule has 25 heavy (non-hydrogen) atoms. The van der Waals surface area contributed by atoms with E-state index in [1.54, 1.807) is 12.1 Å². The monoisotopic (exact) mass is 352 g/mol. The van der Waals surface area contributed by atoms with Crippen LogP contribution < -0.4 is 0 Å². The molecule has 0 radical (unpaired) electrons. The average Bonchev–Trinajstić information content (AvgIpc) is 2.56. The molecule has 1 aliphatic rings. The predicted molar refractivity (Wildman–Crippen MR) is 101 cm³/mol. The van der Waals surface area contributed by atoms with E-state index in [-0.39, 0.29) is 33.9 Å². The highest BCUT2D eigenvalue weighted by molar-refractivity contribution is 8.03. The van der Waals surface area contributed by atoms with Crippen LogP contribution in [0.3, 0.4) is 0 Å². The maximum absolute atomic E-state index is 12.6. The van der Waals surface area contributed by atoms with Crippen LogP contribution >= 0.6 is 11.8 Å². The quantitative estimate of drug-likeness (QED) is 0.855. The Balaban J connectivity index is 1.77. The van der Waals surface area contributed by atoms with E-state index < -0.39 is 0 Å². The molecule has 0 aliphatic heterocycles. The molecular weight excluding hydrogens is 332 g/mol. The van der Waals surface area contributed by atoms with Gasteiger partial charge < -0.3 is 5.11 Å². The normalized spacial score (nSPS) is 14.3. The number of rotatable bonds is 3. The van der Waals surface area contributed by atoms with Crippen LogP contribution in [0.4, 0.5) is 0 Å². The van der Waals surface area contributed by atoms with Crippen LogP contribution in [0.1, 0.15) is 52.6 Å². The number of carbonyl (C=O) groups excluding carboxylic acids is 2.